The van der Waals surface area contributed by atoms with E-state index >= 15 is 0 Å². The third kappa shape index (κ3) is 4.36. The number of nitrogens with zero attached hydrogens (tertiary/aromatic N) is 2. The van der Waals surface area contributed by atoms with Gasteiger partial charge in [-0.25, -0.2) is 14.8 Å². The van der Waals surface area contributed by atoms with E-state index in [2.05, 4.69) is 15.3 Å². The van der Waals surface area contributed by atoms with E-state index in [9.17, 15) is 9.59 Å². The smallest absolute Gasteiger partial charge is 0.326 e. The minimum Gasteiger partial charge on any atom is -0.480 e. The Bertz CT molecular complexity index is 484. The molecule has 0 aliphatic heterocycles. The fourth-order valence-corrected chi connectivity index (χ4v) is 1.90. The largest absolute Gasteiger partial charge is 0.480 e. The van der Waals surface area contributed by atoms with Crippen LogP contribution < -0.4 is 5.32 Å². The maximum Gasteiger partial charge on any atom is 0.326 e. The number of hydrogen-bond acceptors (Lipinski definition) is 5. The summed E-state index contributed by atoms with van der Waals surface area (Å²) in [6.45, 7) is 1.84. The van der Waals surface area contributed by atoms with E-state index in [4.69, 9.17) is 16.7 Å². The van der Waals surface area contributed by atoms with Crippen molar-refractivity contribution in [3.8, 4) is 0 Å². The third-order valence-electron chi connectivity index (χ3n) is 2.30. The lowest BCUT2D eigenvalue weighted by Gasteiger charge is -2.13. The van der Waals surface area contributed by atoms with Gasteiger partial charge in [-0.2, -0.15) is 0 Å². The third-order valence-corrected chi connectivity index (χ3v) is 3.14. The van der Waals surface area contributed by atoms with Crippen molar-refractivity contribution < 1.29 is 14.7 Å². The molecule has 1 aromatic heterocycles. The lowest BCUT2D eigenvalue weighted by atomic mass is 10.1. The average Bonchev–Trinajstić information content (AvgIpc) is 2.38. The Hall–Kier alpha value is -1.34. The summed E-state index contributed by atoms with van der Waals surface area (Å²) in [4.78, 5) is 30.8. The molecule has 0 aromatic carbocycles. The molecule has 0 unspecified atom stereocenters. The van der Waals surface area contributed by atoms with Crippen LogP contribution in [-0.2, 0) is 4.79 Å². The van der Waals surface area contributed by atoms with Crippen LogP contribution in [-0.4, -0.2) is 39.2 Å². The molecule has 0 spiro atoms. The fourth-order valence-electron chi connectivity index (χ4n) is 1.38. The second kappa shape index (κ2) is 7.30. The first-order valence-corrected chi connectivity index (χ1v) is 7.20. The van der Waals surface area contributed by atoms with Crippen molar-refractivity contribution in [2.45, 2.75) is 31.0 Å². The summed E-state index contributed by atoms with van der Waals surface area (Å²) < 4.78 is 0. The zero-order valence-electron chi connectivity index (χ0n) is 10.5. The van der Waals surface area contributed by atoms with Crippen molar-refractivity contribution >= 4 is 35.2 Å². The number of nitrogens with one attached hydrogen (secondary N) is 1. The number of carbonyl (C=O) groups excluding carboxylic acids is 1. The van der Waals surface area contributed by atoms with Crippen molar-refractivity contribution in [3.05, 3.63) is 16.9 Å². The van der Waals surface area contributed by atoms with Gasteiger partial charge in [-0.1, -0.05) is 36.7 Å². The monoisotopic (exact) mass is 303 g/mol. The van der Waals surface area contributed by atoms with Gasteiger partial charge in [0.05, 0.1) is 11.2 Å². The molecule has 1 aromatic rings. The summed E-state index contributed by atoms with van der Waals surface area (Å²) in [5.41, 5.74) is -0.0108. The molecule has 1 heterocycles. The summed E-state index contributed by atoms with van der Waals surface area (Å²) in [5.74, 6) is -1.69. The molecule has 0 aliphatic rings. The van der Waals surface area contributed by atoms with Crippen LogP contribution in [0.4, 0.5) is 0 Å². The molecule has 0 fully saturated rings. The van der Waals surface area contributed by atoms with Crippen LogP contribution in [0.25, 0.3) is 0 Å². The van der Waals surface area contributed by atoms with Gasteiger partial charge in [-0.3, -0.25) is 4.79 Å². The molecule has 8 heteroatoms. The molecule has 0 saturated heterocycles. The molecular weight excluding hydrogens is 290 g/mol. The van der Waals surface area contributed by atoms with E-state index in [1.165, 1.54) is 18.0 Å². The number of amides is 1. The predicted molar refractivity (Wildman–Crippen MR) is 72.6 cm³/mol. The lowest BCUT2D eigenvalue weighted by molar-refractivity contribution is -0.139. The lowest BCUT2D eigenvalue weighted by Crippen LogP contribution is -2.41. The SMILES string of the molecule is CCC[C@H](NC(=O)c1nc(SC)ncc1Cl)C(=O)O. The highest BCUT2D eigenvalue weighted by atomic mass is 35.5. The van der Waals surface area contributed by atoms with Crippen LogP contribution >= 0.6 is 23.4 Å². The zero-order chi connectivity index (χ0) is 14.4. The van der Waals surface area contributed by atoms with Gasteiger partial charge < -0.3 is 10.4 Å². The molecule has 0 radical (unpaired) electrons. The number of hydrogen-bond donors (Lipinski definition) is 2. The number of thioether (sulfide) groups is 1. The first-order valence-electron chi connectivity index (χ1n) is 5.59. The van der Waals surface area contributed by atoms with Gasteiger partial charge in [-0.15, -0.1) is 0 Å². The molecule has 104 valence electrons. The summed E-state index contributed by atoms with van der Waals surface area (Å²) >= 11 is 7.11. The Morgan fingerprint density at radius 3 is 2.79 bits per heavy atom. The minimum absolute atomic E-state index is 0.0108. The number of carbonyl (C=O) groups is 2. The van der Waals surface area contributed by atoms with E-state index in [1.54, 1.807) is 6.26 Å². The molecule has 1 rings (SSSR count). The number of carboxylic acid groups (broad SMARTS) is 1. The standard InChI is InChI=1S/C11H14ClN3O3S/c1-3-4-7(10(17)18)14-9(16)8-6(12)5-13-11(15-8)19-2/h5,7H,3-4H2,1-2H3,(H,14,16)(H,17,18)/t7-/m0/s1. The van der Waals surface area contributed by atoms with Gasteiger partial charge in [0, 0.05) is 0 Å². The summed E-state index contributed by atoms with van der Waals surface area (Å²) in [6.07, 6.45) is 4.08. The molecular formula is C11H14ClN3O3S. The van der Waals surface area contributed by atoms with Crippen molar-refractivity contribution in [3.63, 3.8) is 0 Å². The van der Waals surface area contributed by atoms with Crippen molar-refractivity contribution in [2.24, 2.45) is 0 Å². The normalized spacial score (nSPS) is 11.9. The van der Waals surface area contributed by atoms with E-state index in [0.717, 1.165) is 0 Å². The van der Waals surface area contributed by atoms with E-state index in [-0.39, 0.29) is 10.7 Å². The highest BCUT2D eigenvalue weighted by Gasteiger charge is 2.22. The number of aliphatic carboxylic acids is 1. The molecule has 6 nitrogen and oxygen atoms in total. The summed E-state index contributed by atoms with van der Waals surface area (Å²) in [6, 6.07) is -0.943. The zero-order valence-corrected chi connectivity index (χ0v) is 12.1. The second-order valence-corrected chi connectivity index (χ2v) is 4.89. The topological polar surface area (TPSA) is 92.2 Å². The predicted octanol–water partition coefficient (Wildman–Crippen LogP) is 1.84. The van der Waals surface area contributed by atoms with Crippen LogP contribution in [0.3, 0.4) is 0 Å². The number of aromatic nitrogens is 2. The summed E-state index contributed by atoms with van der Waals surface area (Å²) in [5, 5.41) is 11.9. The van der Waals surface area contributed by atoms with Gasteiger partial charge in [0.15, 0.2) is 10.9 Å². The van der Waals surface area contributed by atoms with Gasteiger partial charge >= 0.3 is 5.97 Å². The first-order chi connectivity index (χ1) is 8.99. The van der Waals surface area contributed by atoms with Crippen molar-refractivity contribution in [1.82, 2.24) is 15.3 Å². The van der Waals surface area contributed by atoms with Gasteiger partial charge in [0.25, 0.3) is 5.91 Å². The van der Waals surface area contributed by atoms with Crippen LogP contribution in [0.15, 0.2) is 11.4 Å². The van der Waals surface area contributed by atoms with Crippen LogP contribution in [0.5, 0.6) is 0 Å². The molecule has 0 aliphatic carbocycles. The number of rotatable bonds is 6. The number of halogens is 1. The minimum atomic E-state index is -1.08. The maximum absolute atomic E-state index is 12.0. The van der Waals surface area contributed by atoms with Crippen LogP contribution in [0, 0.1) is 0 Å². The molecule has 1 amide bonds. The maximum atomic E-state index is 12.0. The van der Waals surface area contributed by atoms with Crippen LogP contribution in [0.1, 0.15) is 30.3 Å². The van der Waals surface area contributed by atoms with Crippen molar-refractivity contribution in [2.75, 3.05) is 6.26 Å². The Morgan fingerprint density at radius 1 is 1.58 bits per heavy atom. The first kappa shape index (κ1) is 15.7. The molecule has 19 heavy (non-hydrogen) atoms. The Morgan fingerprint density at radius 2 is 2.26 bits per heavy atom. The van der Waals surface area contributed by atoms with Crippen LogP contribution in [0.2, 0.25) is 5.02 Å². The van der Waals surface area contributed by atoms with Gasteiger partial charge in [0.2, 0.25) is 0 Å². The van der Waals surface area contributed by atoms with Crippen molar-refractivity contribution in [1.29, 1.82) is 0 Å². The van der Waals surface area contributed by atoms with Gasteiger partial charge in [-0.05, 0) is 12.7 Å². The Labute approximate surface area is 120 Å². The quantitative estimate of drug-likeness (QED) is 0.615. The van der Waals surface area contributed by atoms with Gasteiger partial charge in [0.1, 0.15) is 6.04 Å². The Balaban J connectivity index is 2.90. The molecule has 0 bridgehead atoms. The number of carboxylic acids is 1. The summed E-state index contributed by atoms with van der Waals surface area (Å²) in [7, 11) is 0. The van der Waals surface area contributed by atoms with E-state index in [1.807, 2.05) is 6.92 Å². The molecule has 0 saturated carbocycles. The Kier molecular flexibility index (Phi) is 6.04. The average molecular weight is 304 g/mol. The highest BCUT2D eigenvalue weighted by molar-refractivity contribution is 7.98. The fraction of sp³-hybridized carbons (Fsp3) is 0.455. The highest BCUT2D eigenvalue weighted by Crippen LogP contribution is 2.16. The van der Waals surface area contributed by atoms with E-state index in [0.29, 0.717) is 18.0 Å². The second-order valence-electron chi connectivity index (χ2n) is 3.71. The molecule has 2 N–H and O–H groups in total. The molecule has 1 atom stereocenters. The van der Waals surface area contributed by atoms with E-state index < -0.39 is 17.9 Å².